The second kappa shape index (κ2) is 10.2. The Morgan fingerprint density at radius 1 is 1.03 bits per heavy atom. The molecule has 4 rings (SSSR count). The monoisotopic (exact) mass is 531 g/mol. The van der Waals surface area contributed by atoms with Gasteiger partial charge in [-0.15, -0.1) is 0 Å². The Bertz CT molecular complexity index is 1500. The number of ether oxygens (including phenoxy) is 1. The number of rotatable bonds is 8. The first-order chi connectivity index (χ1) is 17.5. The number of nitrogens with one attached hydrogen (secondary N) is 2. The van der Waals surface area contributed by atoms with Crippen molar-refractivity contribution in [1.82, 2.24) is 19.3 Å². The van der Waals surface area contributed by atoms with Gasteiger partial charge in [-0.25, -0.2) is 23.1 Å². The topological polar surface area (TPSA) is 98.1 Å². The van der Waals surface area contributed by atoms with Gasteiger partial charge in [0, 0.05) is 30.7 Å². The number of aryl methyl sites for hydroxylation is 1. The third kappa shape index (κ3) is 5.75. The molecule has 0 unspecified atom stereocenters. The molecule has 0 aliphatic heterocycles. The highest BCUT2D eigenvalue weighted by Gasteiger charge is 2.31. The molecule has 8 nitrogen and oxygen atoms in total. The largest absolute Gasteiger partial charge is 0.497 e. The van der Waals surface area contributed by atoms with E-state index in [4.69, 9.17) is 4.74 Å². The fourth-order valence-electron chi connectivity index (χ4n) is 3.83. The van der Waals surface area contributed by atoms with E-state index in [-0.39, 0.29) is 17.1 Å². The standard InChI is InChI=1S/C25H24F3N5O3S/c1-29-37(34,35)22-10-9-20(32-23-11-6-17(13-30-23)25(26,27)28)24(21-14-33(2)15-31-21)19(22)12-16-4-7-18(36-3)8-5-16/h4-11,13-15,29H,12H2,1-3H3,(H,30,32). The van der Waals surface area contributed by atoms with Crippen LogP contribution in [0.5, 0.6) is 5.75 Å². The highest BCUT2D eigenvalue weighted by molar-refractivity contribution is 7.89. The predicted molar refractivity (Wildman–Crippen MR) is 133 cm³/mol. The van der Waals surface area contributed by atoms with Crippen molar-refractivity contribution >= 4 is 21.5 Å². The number of sulfonamides is 1. The number of anilines is 2. The summed E-state index contributed by atoms with van der Waals surface area (Å²) in [5.74, 6) is 0.811. The molecule has 0 aliphatic rings. The molecule has 0 atom stereocenters. The van der Waals surface area contributed by atoms with E-state index in [2.05, 4.69) is 20.0 Å². The first-order valence-corrected chi connectivity index (χ1v) is 12.5. The molecule has 0 saturated heterocycles. The van der Waals surface area contributed by atoms with Crippen LogP contribution in [-0.2, 0) is 29.7 Å². The van der Waals surface area contributed by atoms with E-state index in [9.17, 15) is 21.6 Å². The van der Waals surface area contributed by atoms with E-state index in [0.29, 0.717) is 28.3 Å². The quantitative estimate of drug-likeness (QED) is 0.341. The maximum absolute atomic E-state index is 13.0. The van der Waals surface area contributed by atoms with E-state index < -0.39 is 21.8 Å². The second-order valence-corrected chi connectivity index (χ2v) is 10.0. The number of methoxy groups -OCH3 is 1. The summed E-state index contributed by atoms with van der Waals surface area (Å²) in [7, 11) is 0.778. The zero-order valence-corrected chi connectivity index (χ0v) is 21.0. The Morgan fingerprint density at radius 3 is 2.30 bits per heavy atom. The molecule has 4 aromatic rings. The molecule has 2 aromatic heterocycles. The number of aromatic nitrogens is 3. The van der Waals surface area contributed by atoms with Crippen LogP contribution in [0.1, 0.15) is 16.7 Å². The van der Waals surface area contributed by atoms with Crippen LogP contribution in [0.15, 0.2) is 72.1 Å². The van der Waals surface area contributed by atoms with Gasteiger partial charge in [-0.2, -0.15) is 13.2 Å². The van der Waals surface area contributed by atoms with Gasteiger partial charge in [0.15, 0.2) is 0 Å². The minimum absolute atomic E-state index is 0.0531. The first-order valence-electron chi connectivity index (χ1n) is 11.0. The van der Waals surface area contributed by atoms with Gasteiger partial charge in [0.25, 0.3) is 0 Å². The predicted octanol–water partition coefficient (Wildman–Crippen LogP) is 4.75. The molecule has 12 heteroatoms. The molecule has 0 fully saturated rings. The minimum Gasteiger partial charge on any atom is -0.497 e. The molecule has 0 amide bonds. The SMILES string of the molecule is CNS(=O)(=O)c1ccc(Nc2ccc(C(F)(F)F)cn2)c(-c2cn(C)cn2)c1Cc1ccc(OC)cc1. The molecular formula is C25H24F3N5O3S. The molecule has 37 heavy (non-hydrogen) atoms. The van der Waals surface area contributed by atoms with Gasteiger partial charge in [-0.3, -0.25) is 0 Å². The van der Waals surface area contributed by atoms with E-state index in [1.165, 1.54) is 19.2 Å². The molecule has 0 spiro atoms. The molecule has 0 aliphatic carbocycles. The number of hydrogen-bond donors (Lipinski definition) is 2. The number of benzene rings is 2. The van der Waals surface area contributed by atoms with Gasteiger partial charge in [0.2, 0.25) is 10.0 Å². The van der Waals surface area contributed by atoms with Crippen molar-refractivity contribution in [2.45, 2.75) is 17.5 Å². The van der Waals surface area contributed by atoms with Crippen molar-refractivity contribution in [1.29, 1.82) is 0 Å². The van der Waals surface area contributed by atoms with Crippen molar-refractivity contribution in [2.75, 3.05) is 19.5 Å². The summed E-state index contributed by atoms with van der Waals surface area (Å²) in [5.41, 5.74) is 1.79. The van der Waals surface area contributed by atoms with Crippen LogP contribution in [0.2, 0.25) is 0 Å². The summed E-state index contributed by atoms with van der Waals surface area (Å²) >= 11 is 0. The number of pyridine rings is 1. The average molecular weight is 532 g/mol. The highest BCUT2D eigenvalue weighted by Crippen LogP contribution is 2.38. The van der Waals surface area contributed by atoms with Gasteiger partial charge < -0.3 is 14.6 Å². The second-order valence-electron chi connectivity index (χ2n) is 8.18. The maximum atomic E-state index is 13.0. The third-order valence-electron chi connectivity index (χ3n) is 5.68. The number of alkyl halides is 3. The van der Waals surface area contributed by atoms with Crippen LogP contribution >= 0.6 is 0 Å². The summed E-state index contributed by atoms with van der Waals surface area (Å²) in [6, 6.07) is 12.3. The minimum atomic E-state index is -4.51. The summed E-state index contributed by atoms with van der Waals surface area (Å²) < 4.78 is 74.3. The zero-order chi connectivity index (χ0) is 26.8. The molecule has 2 aromatic carbocycles. The zero-order valence-electron chi connectivity index (χ0n) is 20.2. The number of hydrogen-bond acceptors (Lipinski definition) is 6. The van der Waals surface area contributed by atoms with Crippen LogP contribution in [0.3, 0.4) is 0 Å². The molecular weight excluding hydrogens is 507 g/mol. The third-order valence-corrected chi connectivity index (χ3v) is 7.18. The Balaban J connectivity index is 1.89. The van der Waals surface area contributed by atoms with Crippen molar-refractivity contribution < 1.29 is 26.3 Å². The molecule has 194 valence electrons. The molecule has 2 heterocycles. The van der Waals surface area contributed by atoms with Crippen molar-refractivity contribution in [2.24, 2.45) is 7.05 Å². The molecule has 0 saturated carbocycles. The van der Waals surface area contributed by atoms with Crippen LogP contribution in [-0.4, -0.2) is 37.1 Å². The number of halogens is 3. The Kier molecular flexibility index (Phi) is 7.23. The maximum Gasteiger partial charge on any atom is 0.417 e. The number of imidazole rings is 1. The summed E-state index contributed by atoms with van der Waals surface area (Å²) in [6.45, 7) is 0. The highest BCUT2D eigenvalue weighted by atomic mass is 32.2. The van der Waals surface area contributed by atoms with E-state index in [1.807, 2.05) is 12.1 Å². The Labute approximate surface area is 212 Å². The summed E-state index contributed by atoms with van der Waals surface area (Å²) in [5, 5.41) is 3.04. The molecule has 0 bridgehead atoms. The average Bonchev–Trinajstić information content (AvgIpc) is 3.30. The summed E-state index contributed by atoms with van der Waals surface area (Å²) in [4.78, 5) is 8.38. The van der Waals surface area contributed by atoms with Crippen molar-refractivity contribution in [3.05, 3.63) is 83.9 Å². The van der Waals surface area contributed by atoms with Gasteiger partial charge in [-0.1, -0.05) is 12.1 Å². The molecule has 0 radical (unpaired) electrons. The van der Waals surface area contributed by atoms with Crippen molar-refractivity contribution in [3.8, 4) is 17.0 Å². The van der Waals surface area contributed by atoms with Gasteiger partial charge in [0.05, 0.1) is 29.6 Å². The fourth-order valence-corrected chi connectivity index (χ4v) is 4.79. The lowest BCUT2D eigenvalue weighted by Crippen LogP contribution is -2.21. The van der Waals surface area contributed by atoms with E-state index >= 15 is 0 Å². The normalized spacial score (nSPS) is 11.9. The van der Waals surface area contributed by atoms with Gasteiger partial charge in [0.1, 0.15) is 11.6 Å². The van der Waals surface area contributed by atoms with Crippen LogP contribution in [0, 0.1) is 0 Å². The Morgan fingerprint density at radius 2 is 1.76 bits per heavy atom. The van der Waals surface area contributed by atoms with Crippen LogP contribution in [0.4, 0.5) is 24.7 Å². The summed E-state index contributed by atoms with van der Waals surface area (Å²) in [6.07, 6.45) is -0.248. The van der Waals surface area contributed by atoms with E-state index in [1.54, 1.807) is 49.4 Å². The van der Waals surface area contributed by atoms with E-state index in [0.717, 1.165) is 17.8 Å². The van der Waals surface area contributed by atoms with Gasteiger partial charge >= 0.3 is 6.18 Å². The lowest BCUT2D eigenvalue weighted by molar-refractivity contribution is -0.137. The first kappa shape index (κ1) is 26.2. The van der Waals surface area contributed by atoms with Crippen molar-refractivity contribution in [3.63, 3.8) is 0 Å². The molecule has 2 N–H and O–H groups in total. The smallest absolute Gasteiger partial charge is 0.417 e. The number of nitrogens with zero attached hydrogens (tertiary/aromatic N) is 3. The lowest BCUT2D eigenvalue weighted by Gasteiger charge is -2.19. The van der Waals surface area contributed by atoms with Crippen LogP contribution < -0.4 is 14.8 Å². The lowest BCUT2D eigenvalue weighted by atomic mass is 9.96. The Hall–Kier alpha value is -3.90. The van der Waals surface area contributed by atoms with Crippen LogP contribution in [0.25, 0.3) is 11.3 Å². The van der Waals surface area contributed by atoms with Gasteiger partial charge in [-0.05, 0) is 61.0 Å². The fraction of sp³-hybridized carbons (Fsp3) is 0.200.